The van der Waals surface area contributed by atoms with Crippen molar-refractivity contribution in [3.63, 3.8) is 0 Å². The van der Waals surface area contributed by atoms with Crippen molar-refractivity contribution < 1.29 is 14.3 Å². The molecule has 0 bridgehead atoms. The van der Waals surface area contributed by atoms with E-state index in [0.717, 1.165) is 16.7 Å². The number of carbonyl (C=O) groups is 2. The first-order chi connectivity index (χ1) is 7.10. The van der Waals surface area contributed by atoms with Gasteiger partial charge in [0.15, 0.2) is 0 Å². The normalized spacial score (nSPS) is 25.4. The van der Waals surface area contributed by atoms with Crippen LogP contribution in [0.1, 0.15) is 6.42 Å². The molecule has 0 N–H and O–H groups in total. The Bertz CT molecular complexity index is 406. The number of hydrogen-bond acceptors (Lipinski definition) is 4. The van der Waals surface area contributed by atoms with Gasteiger partial charge in [-0.1, -0.05) is 41.6 Å². The van der Waals surface area contributed by atoms with E-state index in [1.54, 1.807) is 0 Å². The number of ether oxygens (including phenoxy) is 1. The van der Waals surface area contributed by atoms with Crippen molar-refractivity contribution in [3.8, 4) is 0 Å². The molecule has 2 rings (SSSR count). The van der Waals surface area contributed by atoms with Gasteiger partial charge in [0.25, 0.3) is 0 Å². The average molecular weight is 243 g/mol. The van der Waals surface area contributed by atoms with E-state index in [1.165, 1.54) is 0 Å². The summed E-state index contributed by atoms with van der Waals surface area (Å²) in [6.07, 6.45) is -0.0903. The van der Waals surface area contributed by atoms with Crippen LogP contribution in [0.4, 0.5) is 0 Å². The van der Waals surface area contributed by atoms with Crippen molar-refractivity contribution in [3.05, 3.63) is 30.3 Å². The van der Waals surface area contributed by atoms with Crippen molar-refractivity contribution in [1.29, 1.82) is 0 Å². The third-order valence-electron chi connectivity index (χ3n) is 1.91. The molecule has 0 spiro atoms. The number of thioether (sulfide) groups is 1. The highest BCUT2D eigenvalue weighted by atomic mass is 35.5. The zero-order valence-corrected chi connectivity index (χ0v) is 9.18. The fraction of sp³-hybridized carbons (Fsp3) is 0.200. The molecule has 1 unspecified atom stereocenters. The molecule has 1 aromatic carbocycles. The standard InChI is InChI=1S/C10H7ClO3S/c11-10(6-8(12)14-9(10)13)15-7-4-2-1-3-5-7/h1-5H,6H2. The lowest BCUT2D eigenvalue weighted by Gasteiger charge is -2.13. The van der Waals surface area contributed by atoms with Gasteiger partial charge in [-0.05, 0) is 12.1 Å². The molecule has 1 atom stereocenters. The first-order valence-corrected chi connectivity index (χ1v) is 5.48. The van der Waals surface area contributed by atoms with Crippen LogP contribution in [0.3, 0.4) is 0 Å². The fourth-order valence-electron chi connectivity index (χ4n) is 1.23. The zero-order chi connectivity index (χ0) is 10.9. The SMILES string of the molecule is O=C1CC(Cl)(Sc2ccccc2)C(=O)O1. The average Bonchev–Trinajstić information content (AvgIpc) is 2.41. The molecule has 3 nitrogen and oxygen atoms in total. The van der Waals surface area contributed by atoms with E-state index < -0.39 is 16.1 Å². The van der Waals surface area contributed by atoms with Gasteiger partial charge in [0.2, 0.25) is 4.21 Å². The molecule has 1 saturated heterocycles. The van der Waals surface area contributed by atoms with Gasteiger partial charge in [0.1, 0.15) is 0 Å². The molecule has 1 aliphatic rings. The van der Waals surface area contributed by atoms with E-state index in [2.05, 4.69) is 4.74 Å². The minimum Gasteiger partial charge on any atom is -0.391 e. The van der Waals surface area contributed by atoms with Crippen LogP contribution in [-0.2, 0) is 14.3 Å². The molecular formula is C10H7ClO3S. The summed E-state index contributed by atoms with van der Waals surface area (Å²) in [5, 5.41) is 0. The predicted molar refractivity (Wildman–Crippen MR) is 56.6 cm³/mol. The van der Waals surface area contributed by atoms with E-state index in [-0.39, 0.29) is 6.42 Å². The van der Waals surface area contributed by atoms with Crippen molar-refractivity contribution in [2.45, 2.75) is 15.5 Å². The summed E-state index contributed by atoms with van der Waals surface area (Å²) in [5.74, 6) is -1.25. The van der Waals surface area contributed by atoms with Crippen LogP contribution in [0.25, 0.3) is 0 Å². The largest absolute Gasteiger partial charge is 0.391 e. The summed E-state index contributed by atoms with van der Waals surface area (Å²) in [6.45, 7) is 0. The van der Waals surface area contributed by atoms with Gasteiger partial charge >= 0.3 is 11.9 Å². The monoisotopic (exact) mass is 242 g/mol. The molecule has 5 heteroatoms. The van der Waals surface area contributed by atoms with Crippen molar-refractivity contribution in [2.24, 2.45) is 0 Å². The minimum atomic E-state index is -1.29. The van der Waals surface area contributed by atoms with Gasteiger partial charge in [0, 0.05) is 4.90 Å². The summed E-state index contributed by atoms with van der Waals surface area (Å²) in [6, 6.07) is 9.19. The van der Waals surface area contributed by atoms with E-state index in [4.69, 9.17) is 11.6 Å². The first-order valence-electron chi connectivity index (χ1n) is 4.28. The highest BCUT2D eigenvalue weighted by Gasteiger charge is 2.48. The Hall–Kier alpha value is -1.00. The highest BCUT2D eigenvalue weighted by molar-refractivity contribution is 8.02. The first kappa shape index (κ1) is 10.5. The number of esters is 2. The Balaban J connectivity index is 2.18. The van der Waals surface area contributed by atoms with Crippen LogP contribution in [-0.4, -0.2) is 16.1 Å². The summed E-state index contributed by atoms with van der Waals surface area (Å²) in [4.78, 5) is 23.1. The molecule has 0 saturated carbocycles. The van der Waals surface area contributed by atoms with Gasteiger partial charge in [-0.25, -0.2) is 4.79 Å². The Labute approximate surface area is 95.7 Å². The molecular weight excluding hydrogens is 236 g/mol. The van der Waals surface area contributed by atoms with Crippen molar-refractivity contribution in [2.75, 3.05) is 0 Å². The Morgan fingerprint density at radius 1 is 1.27 bits per heavy atom. The fourth-order valence-corrected chi connectivity index (χ4v) is 2.62. The number of hydrogen-bond donors (Lipinski definition) is 0. The lowest BCUT2D eigenvalue weighted by Crippen LogP contribution is -2.22. The molecule has 0 radical (unpaired) electrons. The zero-order valence-electron chi connectivity index (χ0n) is 7.60. The van der Waals surface area contributed by atoms with Crippen LogP contribution < -0.4 is 0 Å². The lowest BCUT2D eigenvalue weighted by atomic mass is 10.3. The maximum Gasteiger partial charge on any atom is 0.346 e. The van der Waals surface area contributed by atoms with Crippen molar-refractivity contribution in [1.82, 2.24) is 0 Å². The highest BCUT2D eigenvalue weighted by Crippen LogP contribution is 2.43. The minimum absolute atomic E-state index is 0.0903. The molecule has 1 fully saturated rings. The molecule has 1 aromatic rings. The van der Waals surface area contributed by atoms with Crippen LogP contribution in [0.2, 0.25) is 0 Å². The maximum atomic E-state index is 11.3. The molecule has 1 aliphatic heterocycles. The van der Waals surface area contributed by atoms with Crippen LogP contribution in [0, 0.1) is 0 Å². The Morgan fingerprint density at radius 3 is 2.47 bits per heavy atom. The topological polar surface area (TPSA) is 43.4 Å². The van der Waals surface area contributed by atoms with E-state index >= 15 is 0 Å². The van der Waals surface area contributed by atoms with E-state index in [0.29, 0.717) is 0 Å². The van der Waals surface area contributed by atoms with Crippen LogP contribution in [0.15, 0.2) is 35.2 Å². The molecule has 1 heterocycles. The smallest absolute Gasteiger partial charge is 0.346 e. The van der Waals surface area contributed by atoms with Crippen LogP contribution >= 0.6 is 23.4 Å². The van der Waals surface area contributed by atoms with Gasteiger partial charge in [-0.15, -0.1) is 0 Å². The van der Waals surface area contributed by atoms with Gasteiger partial charge < -0.3 is 4.74 Å². The summed E-state index contributed by atoms with van der Waals surface area (Å²) in [7, 11) is 0. The third-order valence-corrected chi connectivity index (χ3v) is 3.57. The molecule has 78 valence electrons. The summed E-state index contributed by atoms with van der Waals surface area (Å²) >= 11 is 7.15. The number of rotatable bonds is 2. The Kier molecular flexibility index (Phi) is 2.71. The maximum absolute atomic E-state index is 11.3. The molecule has 0 aliphatic carbocycles. The molecule has 15 heavy (non-hydrogen) atoms. The third kappa shape index (κ3) is 2.16. The molecule has 0 amide bonds. The summed E-state index contributed by atoms with van der Waals surface area (Å²) < 4.78 is 3.13. The van der Waals surface area contributed by atoms with E-state index in [9.17, 15) is 9.59 Å². The second kappa shape index (κ2) is 3.87. The predicted octanol–water partition coefficient (Wildman–Crippen LogP) is 2.19. The molecule has 0 aromatic heterocycles. The van der Waals surface area contributed by atoms with Gasteiger partial charge in [-0.2, -0.15) is 0 Å². The Morgan fingerprint density at radius 2 is 1.93 bits per heavy atom. The van der Waals surface area contributed by atoms with Crippen molar-refractivity contribution >= 4 is 35.3 Å². The second-order valence-corrected chi connectivity index (χ2v) is 5.32. The number of benzene rings is 1. The number of cyclic esters (lactones) is 2. The number of halogens is 1. The van der Waals surface area contributed by atoms with Gasteiger partial charge in [-0.3, -0.25) is 4.79 Å². The van der Waals surface area contributed by atoms with Gasteiger partial charge in [0.05, 0.1) is 6.42 Å². The number of alkyl halides is 1. The quantitative estimate of drug-likeness (QED) is 0.453. The second-order valence-electron chi connectivity index (χ2n) is 3.08. The lowest BCUT2D eigenvalue weighted by molar-refractivity contribution is -0.152. The number of carbonyl (C=O) groups excluding carboxylic acids is 2. The van der Waals surface area contributed by atoms with Crippen LogP contribution in [0.5, 0.6) is 0 Å². The summed E-state index contributed by atoms with van der Waals surface area (Å²) in [5.41, 5.74) is 0. The van der Waals surface area contributed by atoms with E-state index in [1.807, 2.05) is 30.3 Å².